The second-order valence-corrected chi connectivity index (χ2v) is 15.4. The van der Waals surface area contributed by atoms with Crippen molar-refractivity contribution in [3.63, 3.8) is 0 Å². The molecule has 9 nitrogen and oxygen atoms in total. The highest BCUT2D eigenvalue weighted by molar-refractivity contribution is 5.52. The number of hydrogen-bond donors (Lipinski definition) is 3. The van der Waals surface area contributed by atoms with E-state index in [0.717, 1.165) is 85.6 Å². The topological polar surface area (TPSA) is 127 Å². The van der Waals surface area contributed by atoms with Gasteiger partial charge in [-0.1, -0.05) is 59.7 Å². The van der Waals surface area contributed by atoms with Crippen LogP contribution in [0.5, 0.6) is 17.2 Å². The predicted molar refractivity (Wildman–Crippen MR) is 219 cm³/mol. The van der Waals surface area contributed by atoms with E-state index in [1.807, 2.05) is 39.0 Å². The van der Waals surface area contributed by atoms with Crippen molar-refractivity contribution in [1.29, 1.82) is 0 Å². The molecule has 0 fully saturated rings. The van der Waals surface area contributed by atoms with Gasteiger partial charge >= 0.3 is 17.1 Å². The molecule has 4 rings (SSSR count). The van der Waals surface area contributed by atoms with Crippen LogP contribution in [-0.2, 0) is 19.6 Å². The van der Waals surface area contributed by atoms with E-state index >= 15 is 0 Å². The number of nitrogens with zero attached hydrogens (tertiary/aromatic N) is 3. The zero-order chi connectivity index (χ0) is 40.3. The summed E-state index contributed by atoms with van der Waals surface area (Å²) in [7, 11) is 0. The van der Waals surface area contributed by atoms with Crippen molar-refractivity contribution in [3.8, 4) is 17.2 Å². The maximum atomic E-state index is 14.5. The Balaban J connectivity index is 2.02. The van der Waals surface area contributed by atoms with Crippen LogP contribution in [0.15, 0.2) is 32.6 Å². The monoisotopic (exact) mass is 741 g/mol. The summed E-state index contributed by atoms with van der Waals surface area (Å²) in [5, 5.41) is 34.2. The summed E-state index contributed by atoms with van der Waals surface area (Å²) in [6.45, 7) is 23.2. The van der Waals surface area contributed by atoms with E-state index in [9.17, 15) is 29.7 Å². The highest BCUT2D eigenvalue weighted by atomic mass is 16.3. The van der Waals surface area contributed by atoms with Gasteiger partial charge in [-0.2, -0.15) is 0 Å². The quantitative estimate of drug-likeness (QED) is 0.112. The first-order chi connectivity index (χ1) is 25.5. The Hall–Kier alpha value is -4.53. The lowest BCUT2D eigenvalue weighted by Crippen LogP contribution is -2.55. The number of hydrogen-bond acceptors (Lipinski definition) is 6. The van der Waals surface area contributed by atoms with Gasteiger partial charge in [0.15, 0.2) is 0 Å². The van der Waals surface area contributed by atoms with Crippen LogP contribution in [0.4, 0.5) is 0 Å². The van der Waals surface area contributed by atoms with Gasteiger partial charge in [0.2, 0.25) is 0 Å². The standard InChI is InChI=1S/C45H63N3O6/c1-13-31(14-2)34-19-25(7)37(28(10)40(34)49)22-46-43(52)47(23-38-26(8)20-35(32(15-3)16-4)41(50)29(38)11)45(54)48(44(46)53)24-39-27(9)21-36(33(17-5)18-6)42(51)30(39)12/h19-21,31-33,49-51H,13-18,22-24H2,1-12H3. The molecule has 3 N–H and O–H groups in total. The summed E-state index contributed by atoms with van der Waals surface area (Å²) < 4.78 is 3.25. The largest absolute Gasteiger partial charge is 0.507 e. The van der Waals surface area contributed by atoms with Gasteiger partial charge in [0.1, 0.15) is 17.2 Å². The molecule has 0 amide bonds. The molecule has 0 bridgehead atoms. The van der Waals surface area contributed by atoms with Crippen LogP contribution in [0.2, 0.25) is 0 Å². The highest BCUT2D eigenvalue weighted by Crippen LogP contribution is 2.39. The third kappa shape index (κ3) is 7.69. The minimum Gasteiger partial charge on any atom is -0.507 e. The van der Waals surface area contributed by atoms with Gasteiger partial charge < -0.3 is 15.3 Å². The number of aromatic hydroxyl groups is 3. The number of rotatable bonds is 15. The molecule has 54 heavy (non-hydrogen) atoms. The fourth-order valence-electron chi connectivity index (χ4n) is 8.54. The first-order valence-electron chi connectivity index (χ1n) is 19.9. The number of aryl methyl sites for hydroxylation is 3. The Morgan fingerprint density at radius 2 is 0.630 bits per heavy atom. The van der Waals surface area contributed by atoms with E-state index in [-0.39, 0.29) is 54.6 Å². The van der Waals surface area contributed by atoms with Crippen LogP contribution in [0.3, 0.4) is 0 Å². The molecule has 1 aromatic heterocycles. The van der Waals surface area contributed by atoms with Crippen LogP contribution in [0.25, 0.3) is 0 Å². The third-order valence-electron chi connectivity index (χ3n) is 12.4. The second-order valence-electron chi connectivity index (χ2n) is 15.4. The van der Waals surface area contributed by atoms with Gasteiger partial charge in [-0.25, -0.2) is 28.1 Å². The molecule has 0 spiro atoms. The van der Waals surface area contributed by atoms with Gasteiger partial charge in [0.05, 0.1) is 19.6 Å². The SMILES string of the molecule is CCC(CC)c1cc(C)c(Cn2c(=O)n(Cc3c(C)cc(C(CC)CC)c(O)c3C)c(=O)n(Cc3c(C)cc(C(CC)CC)c(O)c3C)c2=O)c(C)c1O. The van der Waals surface area contributed by atoms with Crippen LogP contribution in [-0.4, -0.2) is 29.0 Å². The molecule has 1 heterocycles. The fourth-order valence-corrected chi connectivity index (χ4v) is 8.54. The van der Waals surface area contributed by atoms with E-state index in [0.29, 0.717) is 33.4 Å². The maximum Gasteiger partial charge on any atom is 0.336 e. The van der Waals surface area contributed by atoms with Gasteiger partial charge in [0.25, 0.3) is 0 Å². The lowest BCUT2D eigenvalue weighted by Gasteiger charge is -2.23. The molecular formula is C45H63N3O6. The zero-order valence-electron chi connectivity index (χ0n) is 34.7. The molecule has 294 valence electrons. The molecule has 0 unspecified atom stereocenters. The normalized spacial score (nSPS) is 11.8. The zero-order valence-corrected chi connectivity index (χ0v) is 34.7. The molecule has 0 aliphatic heterocycles. The number of phenols is 3. The van der Waals surface area contributed by atoms with E-state index in [1.54, 1.807) is 20.8 Å². The van der Waals surface area contributed by atoms with Crippen molar-refractivity contribution >= 4 is 0 Å². The fraction of sp³-hybridized carbons (Fsp3) is 0.533. The Labute approximate surface area is 321 Å². The van der Waals surface area contributed by atoms with Crippen molar-refractivity contribution in [2.45, 2.75) is 159 Å². The molecule has 0 aliphatic rings. The van der Waals surface area contributed by atoms with Crippen LogP contribution in [0.1, 0.15) is 165 Å². The van der Waals surface area contributed by atoms with Crippen molar-refractivity contribution in [2.24, 2.45) is 0 Å². The van der Waals surface area contributed by atoms with Crippen LogP contribution >= 0.6 is 0 Å². The van der Waals surface area contributed by atoms with E-state index in [2.05, 4.69) is 41.5 Å². The molecule has 0 aliphatic carbocycles. The smallest absolute Gasteiger partial charge is 0.336 e. The van der Waals surface area contributed by atoms with Crippen molar-refractivity contribution in [2.75, 3.05) is 0 Å². The number of benzene rings is 3. The average Bonchev–Trinajstić information content (AvgIpc) is 3.14. The lowest BCUT2D eigenvalue weighted by atomic mass is 9.88. The molecule has 3 aromatic carbocycles. The predicted octanol–water partition coefficient (Wildman–Crippen LogP) is 8.99. The summed E-state index contributed by atoms with van der Waals surface area (Å²) in [5.74, 6) is 0.962. The van der Waals surface area contributed by atoms with Crippen molar-refractivity contribution in [1.82, 2.24) is 13.7 Å². The minimum atomic E-state index is -0.772. The van der Waals surface area contributed by atoms with E-state index < -0.39 is 17.1 Å². The molecular weight excluding hydrogens is 679 g/mol. The minimum absolute atomic E-state index is 0.153. The second kappa shape index (κ2) is 17.3. The third-order valence-corrected chi connectivity index (χ3v) is 12.4. The first-order valence-corrected chi connectivity index (χ1v) is 19.9. The summed E-state index contributed by atoms with van der Waals surface area (Å²) in [4.78, 5) is 43.5. The van der Waals surface area contributed by atoms with Gasteiger partial charge in [-0.15, -0.1) is 0 Å². The molecule has 9 heteroatoms. The summed E-state index contributed by atoms with van der Waals surface area (Å²) in [5.41, 5.74) is 6.42. The van der Waals surface area contributed by atoms with Gasteiger partial charge in [0, 0.05) is 0 Å². The van der Waals surface area contributed by atoms with Gasteiger partial charge in [-0.3, -0.25) is 0 Å². The summed E-state index contributed by atoms with van der Waals surface area (Å²) in [6.07, 6.45) is 5.15. The molecule has 4 aromatic rings. The summed E-state index contributed by atoms with van der Waals surface area (Å²) >= 11 is 0. The first kappa shape index (κ1) is 42.2. The summed E-state index contributed by atoms with van der Waals surface area (Å²) in [6, 6.07) is 5.84. The molecule has 0 saturated carbocycles. The Morgan fingerprint density at radius 3 is 0.815 bits per heavy atom. The highest BCUT2D eigenvalue weighted by Gasteiger charge is 2.25. The maximum absolute atomic E-state index is 14.5. The van der Waals surface area contributed by atoms with Crippen molar-refractivity contribution < 1.29 is 15.3 Å². The average molecular weight is 742 g/mol. The number of phenolic OH excluding ortho intramolecular Hbond substituents is 3. The molecule has 0 saturated heterocycles. The van der Waals surface area contributed by atoms with Crippen molar-refractivity contribution in [3.05, 3.63) is 116 Å². The Bertz CT molecular complexity index is 1920. The lowest BCUT2D eigenvalue weighted by molar-refractivity contribution is 0.446. The van der Waals surface area contributed by atoms with Gasteiger partial charge in [-0.05, 0) is 165 Å². The Morgan fingerprint density at radius 1 is 0.426 bits per heavy atom. The number of aromatic nitrogens is 3. The Kier molecular flexibility index (Phi) is 13.5. The van der Waals surface area contributed by atoms with E-state index in [4.69, 9.17) is 0 Å². The molecule has 0 atom stereocenters. The molecule has 0 radical (unpaired) electrons. The van der Waals surface area contributed by atoms with E-state index in [1.165, 1.54) is 0 Å². The van der Waals surface area contributed by atoms with Crippen LogP contribution < -0.4 is 17.1 Å². The van der Waals surface area contributed by atoms with Crippen LogP contribution in [0, 0.1) is 41.5 Å².